The summed E-state index contributed by atoms with van der Waals surface area (Å²) in [5.41, 5.74) is -4.22. The third-order valence-electron chi connectivity index (χ3n) is 12.9. The molecule has 0 amide bonds. The van der Waals surface area contributed by atoms with Crippen molar-refractivity contribution < 1.29 is 67.2 Å². The molecule has 3 rings (SSSR count). The Kier molecular flexibility index (Phi) is 17.6. The van der Waals surface area contributed by atoms with Gasteiger partial charge in [0.25, 0.3) is 0 Å². The summed E-state index contributed by atoms with van der Waals surface area (Å²) < 4.78 is 57.2. The first-order valence-corrected chi connectivity index (χ1v) is 20.7. The largest absolute Gasteiger partial charge is 0.459 e. The molecule has 0 bridgehead atoms. The molecule has 0 unspecified atom stereocenters. The predicted molar refractivity (Wildman–Crippen MR) is 210 cm³/mol. The molecule has 18 atom stereocenters. The van der Waals surface area contributed by atoms with E-state index in [4.69, 9.17) is 42.6 Å². The highest BCUT2D eigenvalue weighted by molar-refractivity contribution is 5.83. The SMILES string of the molecule is CCO[C@H]1[C@H](O[C@@H]2[C@@H](C)[C@H](O[C@H]3C[C@@](C)(OC)[C@@H](OC(C)=O)[C@H](C)O3)[C@@H](C)C(=O)O[C@H](CC)[C@@](C)(O)[C@H](O)[C@@H](C)C(=O)[C@H](C)C[C@]2(C)OC)O[C@H](C)C[C@@H]1N(C)C. The average molecular weight is 818 g/mol. The highest BCUT2D eigenvalue weighted by atomic mass is 16.7. The lowest BCUT2D eigenvalue weighted by atomic mass is 9.74. The molecule has 3 fully saturated rings. The normalized spacial score (nSPS) is 45.6. The third kappa shape index (κ3) is 11.1. The quantitative estimate of drug-likeness (QED) is 0.285. The second-order valence-corrected chi connectivity index (χ2v) is 17.6. The second-order valence-electron chi connectivity index (χ2n) is 17.6. The molecule has 15 nitrogen and oxygen atoms in total. The predicted octanol–water partition coefficient (Wildman–Crippen LogP) is 4.05. The van der Waals surface area contributed by atoms with Crippen LogP contribution >= 0.6 is 0 Å². The van der Waals surface area contributed by atoms with E-state index in [-0.39, 0.29) is 37.2 Å². The molecular formula is C42H75NO14. The van der Waals surface area contributed by atoms with Gasteiger partial charge in [-0.2, -0.15) is 0 Å². The molecule has 0 aromatic heterocycles. The zero-order valence-electron chi connectivity index (χ0n) is 37.4. The van der Waals surface area contributed by atoms with Gasteiger partial charge in [0, 0.05) is 58.0 Å². The van der Waals surface area contributed by atoms with Crippen LogP contribution in [0, 0.1) is 23.7 Å². The van der Waals surface area contributed by atoms with Gasteiger partial charge in [-0.1, -0.05) is 27.7 Å². The first kappa shape index (κ1) is 49.6. The van der Waals surface area contributed by atoms with Gasteiger partial charge in [-0.3, -0.25) is 14.4 Å². The van der Waals surface area contributed by atoms with Gasteiger partial charge in [0.15, 0.2) is 18.7 Å². The number of carbonyl (C=O) groups is 3. The average Bonchev–Trinajstić information content (AvgIpc) is 3.14. The van der Waals surface area contributed by atoms with E-state index in [1.807, 2.05) is 48.7 Å². The van der Waals surface area contributed by atoms with Gasteiger partial charge in [-0.15, -0.1) is 0 Å². The van der Waals surface area contributed by atoms with Crippen LogP contribution in [0.2, 0.25) is 0 Å². The van der Waals surface area contributed by atoms with Crippen molar-refractivity contribution in [3.8, 4) is 0 Å². The Balaban J connectivity index is 2.26. The summed E-state index contributed by atoms with van der Waals surface area (Å²) in [6, 6.07) is -0.0575. The number of hydrogen-bond donors (Lipinski definition) is 2. The van der Waals surface area contributed by atoms with Crippen molar-refractivity contribution in [2.75, 3.05) is 34.9 Å². The number of Topliss-reactive ketones (excluding diaryl/α,β-unsaturated/α-hetero) is 1. The summed E-state index contributed by atoms with van der Waals surface area (Å²) >= 11 is 0. The van der Waals surface area contributed by atoms with Crippen molar-refractivity contribution in [3.63, 3.8) is 0 Å². The van der Waals surface area contributed by atoms with Crippen LogP contribution in [0.15, 0.2) is 0 Å². The zero-order valence-corrected chi connectivity index (χ0v) is 37.4. The van der Waals surface area contributed by atoms with E-state index >= 15 is 0 Å². The fourth-order valence-corrected chi connectivity index (χ4v) is 9.33. The Morgan fingerprint density at radius 1 is 0.877 bits per heavy atom. The maximum Gasteiger partial charge on any atom is 0.311 e. The number of aliphatic hydroxyl groups excluding tert-OH is 1. The summed E-state index contributed by atoms with van der Waals surface area (Å²) in [6.45, 7) is 21.1. The van der Waals surface area contributed by atoms with E-state index in [2.05, 4.69) is 4.90 Å². The lowest BCUT2D eigenvalue weighted by Crippen LogP contribution is -2.62. The van der Waals surface area contributed by atoms with Crippen LogP contribution in [-0.4, -0.2) is 152 Å². The van der Waals surface area contributed by atoms with Crippen LogP contribution < -0.4 is 0 Å². The number of methoxy groups -OCH3 is 2. The highest BCUT2D eigenvalue weighted by Gasteiger charge is 2.55. The molecule has 15 heteroatoms. The minimum absolute atomic E-state index is 0.0575. The van der Waals surface area contributed by atoms with E-state index in [9.17, 15) is 24.6 Å². The Morgan fingerprint density at radius 2 is 1.47 bits per heavy atom. The Bertz CT molecular complexity index is 1330. The summed E-state index contributed by atoms with van der Waals surface area (Å²) in [6.07, 6.45) is -7.46. The van der Waals surface area contributed by atoms with Crippen molar-refractivity contribution in [3.05, 3.63) is 0 Å². The molecule has 332 valence electrons. The number of cyclic esters (lactones) is 1. The number of ether oxygens (including phenoxy) is 9. The summed E-state index contributed by atoms with van der Waals surface area (Å²) in [5.74, 6) is -4.87. The molecule has 0 radical (unpaired) electrons. The zero-order chi connectivity index (χ0) is 43.4. The number of nitrogens with zero attached hydrogens (tertiary/aromatic N) is 1. The number of hydrogen-bond acceptors (Lipinski definition) is 15. The topological polar surface area (TPSA) is 178 Å². The van der Waals surface area contributed by atoms with Gasteiger partial charge >= 0.3 is 11.9 Å². The van der Waals surface area contributed by atoms with E-state index < -0.39 is 108 Å². The van der Waals surface area contributed by atoms with Crippen LogP contribution in [0.25, 0.3) is 0 Å². The second kappa shape index (κ2) is 20.2. The first-order chi connectivity index (χ1) is 26.4. The van der Waals surface area contributed by atoms with Crippen molar-refractivity contribution >= 4 is 17.7 Å². The van der Waals surface area contributed by atoms with Crippen LogP contribution in [0.5, 0.6) is 0 Å². The van der Waals surface area contributed by atoms with Gasteiger partial charge in [0.05, 0.1) is 42.0 Å². The van der Waals surface area contributed by atoms with Gasteiger partial charge in [0.1, 0.15) is 29.2 Å². The maximum absolute atomic E-state index is 14.4. The molecular weight excluding hydrogens is 742 g/mol. The van der Waals surface area contributed by atoms with Crippen molar-refractivity contribution in [1.29, 1.82) is 0 Å². The van der Waals surface area contributed by atoms with Gasteiger partial charge < -0.3 is 57.7 Å². The standard InChI is InChI=1S/C42H75NO14/c1-17-30-42(12,48)35(46)24(5)32(45)22(3)20-40(10,49-15)36(57-39-34(51-18-2)29(43(13)14)19-23(4)52-39)25(6)33(26(7)38(47)55-30)56-31-21-41(11,50-16)37(27(8)53-31)54-28(9)44/h22-27,29-31,33-37,39,46,48H,17-21H2,1-16H3/t22-,23-,24+,25+,26-,27+,29+,30-,31+,33+,34-,35-,36-,37+,39+,40+,41-,42-/m1/s1. The van der Waals surface area contributed by atoms with Crippen LogP contribution in [0.3, 0.4) is 0 Å². The molecule has 0 aromatic carbocycles. The first-order valence-electron chi connectivity index (χ1n) is 20.7. The van der Waals surface area contributed by atoms with E-state index in [0.717, 1.165) is 0 Å². The summed E-state index contributed by atoms with van der Waals surface area (Å²) in [4.78, 5) is 42.7. The Hall–Kier alpha value is -1.79. The maximum atomic E-state index is 14.4. The minimum Gasteiger partial charge on any atom is -0.459 e. The fourth-order valence-electron chi connectivity index (χ4n) is 9.33. The number of likely N-dealkylation sites (N-methyl/N-ethyl adjacent to an activating group) is 1. The molecule has 0 saturated carbocycles. The monoisotopic (exact) mass is 818 g/mol. The number of aliphatic hydroxyl groups is 2. The van der Waals surface area contributed by atoms with Crippen molar-refractivity contribution in [1.82, 2.24) is 4.90 Å². The lowest BCUT2D eigenvalue weighted by Gasteiger charge is -2.50. The summed E-state index contributed by atoms with van der Waals surface area (Å²) in [5, 5.41) is 23.3. The van der Waals surface area contributed by atoms with Gasteiger partial charge in [-0.25, -0.2) is 0 Å². The van der Waals surface area contributed by atoms with E-state index in [1.54, 1.807) is 41.7 Å². The minimum atomic E-state index is -1.97. The van der Waals surface area contributed by atoms with Crippen LogP contribution in [0.1, 0.15) is 109 Å². The number of esters is 2. The summed E-state index contributed by atoms with van der Waals surface area (Å²) in [7, 11) is 7.05. The third-order valence-corrected chi connectivity index (χ3v) is 12.9. The van der Waals surface area contributed by atoms with Crippen molar-refractivity contribution in [2.24, 2.45) is 23.7 Å². The van der Waals surface area contributed by atoms with Gasteiger partial charge in [-0.05, 0) is 81.8 Å². The molecule has 3 aliphatic rings. The number of ketones is 1. The molecule has 0 aliphatic carbocycles. The molecule has 3 saturated heterocycles. The lowest BCUT2D eigenvalue weighted by molar-refractivity contribution is -0.323. The molecule has 3 heterocycles. The highest BCUT2D eigenvalue weighted by Crippen LogP contribution is 2.42. The number of rotatable bonds is 11. The molecule has 57 heavy (non-hydrogen) atoms. The smallest absolute Gasteiger partial charge is 0.311 e. The van der Waals surface area contributed by atoms with Crippen LogP contribution in [-0.2, 0) is 57.0 Å². The molecule has 0 aromatic rings. The Morgan fingerprint density at radius 3 is 2.00 bits per heavy atom. The van der Waals surface area contributed by atoms with Crippen LogP contribution in [0.4, 0.5) is 0 Å². The molecule has 0 spiro atoms. The van der Waals surface area contributed by atoms with E-state index in [0.29, 0.717) is 13.0 Å². The fraction of sp³-hybridized carbons (Fsp3) is 0.929. The molecule has 3 aliphatic heterocycles. The van der Waals surface area contributed by atoms with E-state index in [1.165, 1.54) is 21.0 Å². The van der Waals surface area contributed by atoms with Crippen molar-refractivity contribution in [2.45, 2.75) is 193 Å². The Labute approximate surface area is 341 Å². The molecule has 2 N–H and O–H groups in total. The van der Waals surface area contributed by atoms with Gasteiger partial charge in [0.2, 0.25) is 0 Å². The number of carbonyl (C=O) groups excluding carboxylic acids is 3.